The number of rotatable bonds is 9. The molecule has 1 N–H and O–H groups in total. The van der Waals surface area contributed by atoms with Crippen molar-refractivity contribution in [2.45, 2.75) is 51.0 Å². The molecule has 3 rings (SSSR count). The molecule has 0 amide bonds. The highest BCUT2D eigenvalue weighted by Crippen LogP contribution is 2.37. The zero-order valence-electron chi connectivity index (χ0n) is 17.6. The Balaban J connectivity index is 1.77. The maximum absolute atomic E-state index is 5.53. The van der Waals surface area contributed by atoms with Crippen molar-refractivity contribution in [1.82, 2.24) is 5.32 Å². The summed E-state index contributed by atoms with van der Waals surface area (Å²) >= 11 is 0. The van der Waals surface area contributed by atoms with E-state index in [0.717, 1.165) is 51.2 Å². The first-order chi connectivity index (χ1) is 13.6. The topological polar surface area (TPSA) is 30.5 Å². The minimum absolute atomic E-state index is 0.107. The van der Waals surface area contributed by atoms with Crippen LogP contribution in [0, 0.1) is 5.92 Å². The summed E-state index contributed by atoms with van der Waals surface area (Å²) in [6, 6.07) is 19.9. The molecule has 3 nitrogen and oxygen atoms in total. The Bertz CT molecular complexity index is 694. The Morgan fingerprint density at radius 1 is 1.07 bits per heavy atom. The first kappa shape index (κ1) is 20.9. The monoisotopic (exact) mass is 381 g/mol. The molecule has 3 heteroatoms. The molecule has 0 radical (unpaired) electrons. The molecule has 1 saturated heterocycles. The Hall–Kier alpha value is -1.84. The van der Waals surface area contributed by atoms with Crippen molar-refractivity contribution in [3.63, 3.8) is 0 Å². The van der Waals surface area contributed by atoms with E-state index in [1.165, 1.54) is 11.1 Å². The predicted molar refractivity (Wildman–Crippen MR) is 116 cm³/mol. The van der Waals surface area contributed by atoms with Crippen molar-refractivity contribution in [2.24, 2.45) is 5.92 Å². The molecule has 1 heterocycles. The van der Waals surface area contributed by atoms with Crippen molar-refractivity contribution < 1.29 is 9.47 Å². The molecule has 2 unspecified atom stereocenters. The fraction of sp³-hybridized carbons (Fsp3) is 0.520. The summed E-state index contributed by atoms with van der Waals surface area (Å²) in [4.78, 5) is 0. The van der Waals surface area contributed by atoms with E-state index in [9.17, 15) is 0 Å². The van der Waals surface area contributed by atoms with Crippen molar-refractivity contribution in [2.75, 3.05) is 26.9 Å². The summed E-state index contributed by atoms with van der Waals surface area (Å²) in [7, 11) is 1.72. The van der Waals surface area contributed by atoms with E-state index in [4.69, 9.17) is 9.47 Å². The van der Waals surface area contributed by atoms with Gasteiger partial charge in [0.2, 0.25) is 0 Å². The van der Waals surface area contributed by atoms with Crippen LogP contribution in [-0.4, -0.2) is 26.9 Å². The third-order valence-corrected chi connectivity index (χ3v) is 6.42. The molecule has 1 aliphatic rings. The van der Waals surface area contributed by atoms with Crippen LogP contribution in [0.25, 0.3) is 0 Å². The molecule has 28 heavy (non-hydrogen) atoms. The van der Waals surface area contributed by atoms with E-state index in [2.05, 4.69) is 73.8 Å². The van der Waals surface area contributed by atoms with Gasteiger partial charge in [0, 0.05) is 19.3 Å². The first-order valence-electron chi connectivity index (χ1n) is 10.6. The normalized spacial score (nSPS) is 18.4. The number of hydrogen-bond acceptors (Lipinski definition) is 3. The van der Waals surface area contributed by atoms with Crippen LogP contribution in [0.15, 0.2) is 54.6 Å². The highest BCUT2D eigenvalue weighted by Gasteiger charge is 2.29. The highest BCUT2D eigenvalue weighted by molar-refractivity contribution is 5.33. The van der Waals surface area contributed by atoms with E-state index in [0.29, 0.717) is 12.0 Å². The Morgan fingerprint density at radius 2 is 1.75 bits per heavy atom. The van der Waals surface area contributed by atoms with Crippen LogP contribution in [-0.2, 0) is 10.2 Å². The summed E-state index contributed by atoms with van der Waals surface area (Å²) in [5.74, 6) is 1.63. The average Bonchev–Trinajstić information content (AvgIpc) is 2.78. The molecule has 1 aliphatic heterocycles. The lowest BCUT2D eigenvalue weighted by molar-refractivity contribution is 0.0650. The van der Waals surface area contributed by atoms with E-state index in [1.807, 2.05) is 0 Å². The Kier molecular flexibility index (Phi) is 7.52. The number of nitrogens with one attached hydrogen (secondary N) is 1. The maximum atomic E-state index is 5.53. The van der Waals surface area contributed by atoms with E-state index in [-0.39, 0.29) is 5.41 Å². The largest absolute Gasteiger partial charge is 0.497 e. The Labute approximate surface area is 170 Å². The summed E-state index contributed by atoms with van der Waals surface area (Å²) < 4.78 is 10.9. The smallest absolute Gasteiger partial charge is 0.118 e. The minimum Gasteiger partial charge on any atom is -0.497 e. The predicted octanol–water partition coefficient (Wildman–Crippen LogP) is 5.51. The van der Waals surface area contributed by atoms with Gasteiger partial charge in [0.05, 0.1) is 7.11 Å². The van der Waals surface area contributed by atoms with E-state index in [1.54, 1.807) is 7.11 Å². The summed E-state index contributed by atoms with van der Waals surface area (Å²) in [5.41, 5.74) is 2.86. The van der Waals surface area contributed by atoms with Crippen molar-refractivity contribution in [1.29, 1.82) is 0 Å². The quantitative estimate of drug-likeness (QED) is 0.621. The van der Waals surface area contributed by atoms with Gasteiger partial charge in [-0.3, -0.25) is 0 Å². The van der Waals surface area contributed by atoms with Gasteiger partial charge in [-0.15, -0.1) is 0 Å². The zero-order valence-corrected chi connectivity index (χ0v) is 17.6. The highest BCUT2D eigenvalue weighted by atomic mass is 16.5. The third kappa shape index (κ3) is 5.36. The fourth-order valence-corrected chi connectivity index (χ4v) is 4.16. The van der Waals surface area contributed by atoms with Crippen LogP contribution in [0.3, 0.4) is 0 Å². The van der Waals surface area contributed by atoms with Crippen LogP contribution in [0.2, 0.25) is 0 Å². The van der Waals surface area contributed by atoms with Gasteiger partial charge in [0.15, 0.2) is 0 Å². The molecule has 0 spiro atoms. The second-order valence-corrected chi connectivity index (χ2v) is 8.27. The Morgan fingerprint density at radius 3 is 2.36 bits per heavy atom. The average molecular weight is 382 g/mol. The molecule has 152 valence electrons. The zero-order chi connectivity index (χ0) is 19.8. The summed E-state index contributed by atoms with van der Waals surface area (Å²) in [5, 5.41) is 3.91. The van der Waals surface area contributed by atoms with Crippen molar-refractivity contribution >= 4 is 0 Å². The molecule has 1 fully saturated rings. The lowest BCUT2D eigenvalue weighted by atomic mass is 9.74. The maximum Gasteiger partial charge on any atom is 0.118 e. The third-order valence-electron chi connectivity index (χ3n) is 6.42. The minimum atomic E-state index is 0.107. The standard InChI is InChI=1S/C25H35NO2/c1-4-25(2,22-10-12-23(27-3)13-11-22)18-24(21-8-6-5-7-9-21)26-19-20-14-16-28-17-15-20/h5-13,20,24,26H,4,14-19H2,1-3H3. The molecular formula is C25H35NO2. The van der Waals surface area contributed by atoms with Gasteiger partial charge < -0.3 is 14.8 Å². The molecular weight excluding hydrogens is 346 g/mol. The second kappa shape index (κ2) is 10.1. The van der Waals surface area contributed by atoms with Gasteiger partial charge in [-0.05, 0) is 66.8 Å². The molecule has 0 bridgehead atoms. The van der Waals surface area contributed by atoms with E-state index >= 15 is 0 Å². The number of methoxy groups -OCH3 is 1. The molecule has 0 saturated carbocycles. The molecule has 2 atom stereocenters. The van der Waals surface area contributed by atoms with Gasteiger partial charge in [-0.2, -0.15) is 0 Å². The van der Waals surface area contributed by atoms with Crippen LogP contribution < -0.4 is 10.1 Å². The molecule has 2 aromatic rings. The second-order valence-electron chi connectivity index (χ2n) is 8.27. The number of ether oxygens (including phenoxy) is 2. The van der Waals surface area contributed by atoms with Crippen molar-refractivity contribution in [3.8, 4) is 5.75 Å². The summed E-state index contributed by atoms with van der Waals surface area (Å²) in [6.07, 6.45) is 4.50. The van der Waals surface area contributed by atoms with Crippen LogP contribution in [0.1, 0.15) is 56.7 Å². The van der Waals surface area contributed by atoms with Gasteiger partial charge >= 0.3 is 0 Å². The van der Waals surface area contributed by atoms with E-state index < -0.39 is 0 Å². The van der Waals surface area contributed by atoms with Crippen LogP contribution >= 0.6 is 0 Å². The van der Waals surface area contributed by atoms with Crippen LogP contribution in [0.5, 0.6) is 5.75 Å². The SMILES string of the molecule is CCC(C)(CC(NCC1CCOCC1)c1ccccc1)c1ccc(OC)cc1. The number of hydrogen-bond donors (Lipinski definition) is 1. The lowest BCUT2D eigenvalue weighted by Gasteiger charge is -2.35. The molecule has 0 aliphatic carbocycles. The van der Waals surface area contributed by atoms with Crippen molar-refractivity contribution in [3.05, 3.63) is 65.7 Å². The first-order valence-corrected chi connectivity index (χ1v) is 10.6. The fourth-order valence-electron chi connectivity index (χ4n) is 4.16. The molecule has 2 aromatic carbocycles. The van der Waals surface area contributed by atoms with Crippen LogP contribution in [0.4, 0.5) is 0 Å². The van der Waals surface area contributed by atoms with Gasteiger partial charge in [0.1, 0.15) is 5.75 Å². The summed E-state index contributed by atoms with van der Waals surface area (Å²) in [6.45, 7) is 7.55. The molecule has 0 aromatic heterocycles. The van der Waals surface area contributed by atoms with Gasteiger partial charge in [0.25, 0.3) is 0 Å². The van der Waals surface area contributed by atoms with Gasteiger partial charge in [-0.25, -0.2) is 0 Å². The van der Waals surface area contributed by atoms with Gasteiger partial charge in [-0.1, -0.05) is 56.3 Å². The lowest BCUT2D eigenvalue weighted by Crippen LogP contribution is -2.35. The number of benzene rings is 2.